The van der Waals surface area contributed by atoms with E-state index in [4.69, 9.17) is 4.74 Å². The van der Waals surface area contributed by atoms with Crippen LogP contribution in [0.4, 0.5) is 8.78 Å². The minimum Gasteiger partial charge on any atom is -0.507 e. The molecule has 37 heavy (non-hydrogen) atoms. The molecule has 0 heterocycles. The summed E-state index contributed by atoms with van der Waals surface area (Å²) in [5.74, 6) is 4.55. The van der Waals surface area contributed by atoms with Crippen molar-refractivity contribution in [2.45, 2.75) is 110 Å². The Hall–Kier alpha value is -1.65. The fourth-order valence-electron chi connectivity index (χ4n) is 7.90. The van der Waals surface area contributed by atoms with Crippen molar-refractivity contribution in [1.82, 2.24) is 0 Å². The van der Waals surface area contributed by atoms with Gasteiger partial charge in [0.2, 0.25) is 0 Å². The number of phenols is 1. The Morgan fingerprint density at radius 2 is 1.35 bits per heavy atom. The molecule has 3 aliphatic carbocycles. The molecule has 0 radical (unpaired) electrons. The number of carbonyl (C=O) groups excluding carboxylic acids is 1. The predicted octanol–water partition coefficient (Wildman–Crippen LogP) is 9.00. The second-order valence-corrected chi connectivity index (χ2v) is 12.2. The molecular formula is C32H48F2O3. The number of ketones is 1. The standard InChI is InChI=1S/C32H48F2O3/c1-2-37-31-18-17-28(32(36)29(31)21-34)30(35)20-23-7-11-25(12-8-23)27-15-13-26(14-16-27)24-9-5-22(6-10-24)4-3-19-33/h17-18,22-27,36H,2-16,19-21H2,1H3. The van der Waals surface area contributed by atoms with E-state index in [9.17, 15) is 18.7 Å². The van der Waals surface area contributed by atoms with E-state index in [0.717, 1.165) is 55.3 Å². The molecule has 0 amide bonds. The lowest BCUT2D eigenvalue weighted by Crippen LogP contribution is -2.30. The number of halogens is 2. The third-order valence-electron chi connectivity index (χ3n) is 10.1. The number of phenolic OH excluding ortho intramolecular Hbond substituents is 1. The van der Waals surface area contributed by atoms with Crippen LogP contribution in [0.5, 0.6) is 11.5 Å². The van der Waals surface area contributed by atoms with Crippen LogP contribution in [-0.4, -0.2) is 24.2 Å². The molecule has 3 saturated carbocycles. The maximum atomic E-state index is 13.5. The van der Waals surface area contributed by atoms with Crippen molar-refractivity contribution in [1.29, 1.82) is 0 Å². The molecule has 3 aliphatic rings. The molecule has 5 heteroatoms. The summed E-state index contributed by atoms with van der Waals surface area (Å²) in [5, 5.41) is 10.5. The highest BCUT2D eigenvalue weighted by Gasteiger charge is 2.35. The molecule has 0 spiro atoms. The van der Waals surface area contributed by atoms with E-state index in [0.29, 0.717) is 24.7 Å². The van der Waals surface area contributed by atoms with Crippen LogP contribution >= 0.6 is 0 Å². The molecule has 3 nitrogen and oxygen atoms in total. The fraction of sp³-hybridized carbons (Fsp3) is 0.781. The Kier molecular flexibility index (Phi) is 10.7. The summed E-state index contributed by atoms with van der Waals surface area (Å²) < 4.78 is 31.4. The average molecular weight is 519 g/mol. The lowest BCUT2D eigenvalue weighted by molar-refractivity contribution is 0.0883. The molecule has 0 atom stereocenters. The first-order chi connectivity index (χ1) is 18.0. The number of carbonyl (C=O) groups is 1. The van der Waals surface area contributed by atoms with Crippen LogP contribution in [0.15, 0.2) is 12.1 Å². The molecule has 1 N–H and O–H groups in total. The van der Waals surface area contributed by atoms with Gasteiger partial charge in [-0.2, -0.15) is 0 Å². The number of hydrogen-bond acceptors (Lipinski definition) is 3. The highest BCUT2D eigenvalue weighted by molar-refractivity contribution is 5.99. The van der Waals surface area contributed by atoms with E-state index in [-0.39, 0.29) is 29.3 Å². The molecule has 1 aromatic carbocycles. The van der Waals surface area contributed by atoms with Crippen molar-refractivity contribution < 1.29 is 23.4 Å². The van der Waals surface area contributed by atoms with Gasteiger partial charge in [-0.1, -0.05) is 12.8 Å². The number of rotatable bonds is 11. The van der Waals surface area contributed by atoms with Gasteiger partial charge < -0.3 is 9.84 Å². The highest BCUT2D eigenvalue weighted by atomic mass is 19.1. The third kappa shape index (κ3) is 7.26. The van der Waals surface area contributed by atoms with E-state index < -0.39 is 6.67 Å². The zero-order valence-corrected chi connectivity index (χ0v) is 22.9. The molecule has 0 bridgehead atoms. The van der Waals surface area contributed by atoms with Crippen LogP contribution in [0.25, 0.3) is 0 Å². The zero-order chi connectivity index (χ0) is 26.2. The van der Waals surface area contributed by atoms with Crippen molar-refractivity contribution in [3.05, 3.63) is 23.3 Å². The first kappa shape index (κ1) is 28.4. The van der Waals surface area contributed by atoms with Gasteiger partial charge in [-0.3, -0.25) is 9.18 Å². The van der Waals surface area contributed by atoms with Gasteiger partial charge in [-0.25, -0.2) is 4.39 Å². The number of benzene rings is 1. The first-order valence-electron chi connectivity index (χ1n) is 15.2. The summed E-state index contributed by atoms with van der Waals surface area (Å²) >= 11 is 0. The number of Topliss-reactive ketones (excluding diaryl/α,β-unsaturated/α-hetero) is 1. The Balaban J connectivity index is 1.19. The van der Waals surface area contributed by atoms with Crippen LogP contribution in [0.1, 0.15) is 119 Å². The second kappa shape index (κ2) is 13.9. The summed E-state index contributed by atoms with van der Waals surface area (Å²) in [7, 11) is 0. The Morgan fingerprint density at radius 3 is 1.84 bits per heavy atom. The van der Waals surface area contributed by atoms with Gasteiger partial charge in [0, 0.05) is 6.42 Å². The lowest BCUT2D eigenvalue weighted by Gasteiger charge is -2.41. The maximum absolute atomic E-state index is 13.5. The van der Waals surface area contributed by atoms with Gasteiger partial charge in [0.1, 0.15) is 18.2 Å². The van der Waals surface area contributed by atoms with E-state index >= 15 is 0 Å². The van der Waals surface area contributed by atoms with Crippen LogP contribution < -0.4 is 4.74 Å². The van der Waals surface area contributed by atoms with Gasteiger partial charge in [-0.15, -0.1) is 0 Å². The van der Waals surface area contributed by atoms with E-state index in [1.54, 1.807) is 12.1 Å². The van der Waals surface area contributed by atoms with Crippen LogP contribution in [0, 0.1) is 35.5 Å². The highest BCUT2D eigenvalue weighted by Crippen LogP contribution is 2.47. The Labute approximate surface area is 222 Å². The van der Waals surface area contributed by atoms with Gasteiger partial charge in [-0.05, 0) is 132 Å². The lowest BCUT2D eigenvalue weighted by atomic mass is 9.64. The zero-order valence-electron chi connectivity index (χ0n) is 22.9. The number of ether oxygens (including phenoxy) is 1. The van der Waals surface area contributed by atoms with Crippen LogP contribution in [0.2, 0.25) is 0 Å². The molecular weight excluding hydrogens is 470 g/mol. The van der Waals surface area contributed by atoms with Gasteiger partial charge in [0.25, 0.3) is 0 Å². The summed E-state index contributed by atoms with van der Waals surface area (Å²) in [4.78, 5) is 13.0. The van der Waals surface area contributed by atoms with E-state index in [2.05, 4.69) is 0 Å². The van der Waals surface area contributed by atoms with Crippen LogP contribution in [-0.2, 0) is 6.67 Å². The minimum absolute atomic E-state index is 0.0804. The van der Waals surface area contributed by atoms with Gasteiger partial charge >= 0.3 is 0 Å². The number of aromatic hydroxyl groups is 1. The van der Waals surface area contributed by atoms with Crippen molar-refractivity contribution >= 4 is 5.78 Å². The SMILES string of the molecule is CCOc1ccc(C(=O)CC2CCC(C3CCC(C4CCC(CCCF)CC4)CC3)CC2)c(O)c1CF. The monoisotopic (exact) mass is 518 g/mol. The Bertz CT molecular complexity index is 848. The summed E-state index contributed by atoms with van der Waals surface area (Å²) in [6, 6.07) is 3.19. The van der Waals surface area contributed by atoms with Gasteiger partial charge in [0.05, 0.1) is 24.4 Å². The first-order valence-corrected chi connectivity index (χ1v) is 15.2. The molecule has 3 fully saturated rings. The predicted molar refractivity (Wildman–Crippen MR) is 145 cm³/mol. The summed E-state index contributed by atoms with van der Waals surface area (Å²) in [5.41, 5.74) is 0.310. The minimum atomic E-state index is -0.850. The third-order valence-corrected chi connectivity index (χ3v) is 10.1. The van der Waals surface area contributed by atoms with E-state index in [1.165, 1.54) is 64.2 Å². The van der Waals surface area contributed by atoms with Gasteiger partial charge in [0.15, 0.2) is 5.78 Å². The number of alkyl halides is 2. The quantitative estimate of drug-likeness (QED) is 0.297. The maximum Gasteiger partial charge on any atom is 0.166 e. The molecule has 0 aromatic heterocycles. The normalized spacial score (nSPS) is 30.7. The molecule has 0 saturated heterocycles. The van der Waals surface area contributed by atoms with Crippen molar-refractivity contribution in [2.75, 3.05) is 13.3 Å². The molecule has 208 valence electrons. The average Bonchev–Trinajstić information content (AvgIpc) is 2.93. The molecule has 0 aliphatic heterocycles. The van der Waals surface area contributed by atoms with Crippen molar-refractivity contribution in [3.8, 4) is 11.5 Å². The van der Waals surface area contributed by atoms with Crippen LogP contribution in [0.3, 0.4) is 0 Å². The topological polar surface area (TPSA) is 46.5 Å². The molecule has 4 rings (SSSR count). The second-order valence-electron chi connectivity index (χ2n) is 12.2. The smallest absolute Gasteiger partial charge is 0.166 e. The summed E-state index contributed by atoms with van der Waals surface area (Å²) in [6.45, 7) is 1.19. The summed E-state index contributed by atoms with van der Waals surface area (Å²) in [6.07, 6.45) is 17.7. The largest absolute Gasteiger partial charge is 0.507 e. The van der Waals surface area contributed by atoms with E-state index in [1.807, 2.05) is 6.92 Å². The molecule has 1 aromatic rings. The van der Waals surface area contributed by atoms with Crippen molar-refractivity contribution in [2.24, 2.45) is 35.5 Å². The number of hydrogen-bond donors (Lipinski definition) is 1. The molecule has 0 unspecified atom stereocenters. The fourth-order valence-corrected chi connectivity index (χ4v) is 7.90. The van der Waals surface area contributed by atoms with Crippen molar-refractivity contribution in [3.63, 3.8) is 0 Å². The Morgan fingerprint density at radius 1 is 0.838 bits per heavy atom.